The van der Waals surface area contributed by atoms with E-state index >= 15 is 0 Å². The molecule has 1 aliphatic carbocycles. The maximum Gasteiger partial charge on any atom is 0.0532 e. The maximum atomic E-state index is 6.43. The molecule has 2 unspecified atom stereocenters. The van der Waals surface area contributed by atoms with E-state index in [4.69, 9.17) is 11.5 Å². The smallest absolute Gasteiger partial charge is 0.0532 e. The molecule has 0 heterocycles. The highest BCUT2D eigenvalue weighted by atomic mass is 14.8. The Hall–Kier alpha value is -0.600. The molecule has 2 heteroatoms. The molecular weight excluding hydrogens is 388 g/mol. The third kappa shape index (κ3) is 16.1. The summed E-state index contributed by atoms with van der Waals surface area (Å²) in [5, 5.41) is 0. The van der Waals surface area contributed by atoms with Crippen LogP contribution in [0.2, 0.25) is 0 Å². The van der Waals surface area contributed by atoms with Gasteiger partial charge in [0.15, 0.2) is 0 Å². The third-order valence-electron chi connectivity index (χ3n) is 7.42. The molecule has 0 fully saturated rings. The molecule has 1 aliphatic rings. The second-order valence-corrected chi connectivity index (χ2v) is 10.6. The largest absolute Gasteiger partial charge is 0.323 e. The van der Waals surface area contributed by atoms with E-state index in [0.29, 0.717) is 0 Å². The molecule has 0 aromatic heterocycles. The van der Waals surface area contributed by atoms with Gasteiger partial charge in [0.25, 0.3) is 0 Å². The molecule has 0 saturated heterocycles. The second kappa shape index (κ2) is 21.0. The van der Waals surface area contributed by atoms with Crippen LogP contribution in [0.25, 0.3) is 0 Å². The SMILES string of the molecule is CCCCCCCCCCCCCCCCCCCCCCCCC1(N)C=CC=CC1N. The summed E-state index contributed by atoms with van der Waals surface area (Å²) >= 11 is 0. The van der Waals surface area contributed by atoms with Crippen LogP contribution >= 0.6 is 0 Å². The highest BCUT2D eigenvalue weighted by Crippen LogP contribution is 2.22. The van der Waals surface area contributed by atoms with Crippen LogP contribution in [0.1, 0.15) is 155 Å². The average molecular weight is 447 g/mol. The fourth-order valence-corrected chi connectivity index (χ4v) is 5.00. The Kier molecular flexibility index (Phi) is 19.3. The van der Waals surface area contributed by atoms with Crippen LogP contribution < -0.4 is 11.5 Å². The van der Waals surface area contributed by atoms with Gasteiger partial charge in [0, 0.05) is 6.04 Å². The number of nitrogens with two attached hydrogens (primary N) is 2. The van der Waals surface area contributed by atoms with Crippen molar-refractivity contribution in [2.75, 3.05) is 0 Å². The van der Waals surface area contributed by atoms with Gasteiger partial charge >= 0.3 is 0 Å². The number of hydrogen-bond donors (Lipinski definition) is 2. The third-order valence-corrected chi connectivity index (χ3v) is 7.42. The summed E-state index contributed by atoms with van der Waals surface area (Å²) in [7, 11) is 0. The van der Waals surface area contributed by atoms with E-state index in [1.54, 1.807) is 0 Å². The lowest BCUT2D eigenvalue weighted by Crippen LogP contribution is -2.53. The Labute approximate surface area is 202 Å². The van der Waals surface area contributed by atoms with E-state index in [2.05, 4.69) is 13.0 Å². The van der Waals surface area contributed by atoms with Gasteiger partial charge in [-0.05, 0) is 6.42 Å². The predicted octanol–water partition coefficient (Wildman–Crippen LogP) is 9.13. The maximum absolute atomic E-state index is 6.43. The fraction of sp³-hybridized carbons (Fsp3) is 0.867. The normalized spacial score (nSPS) is 20.3. The van der Waals surface area contributed by atoms with Crippen LogP contribution in [0.3, 0.4) is 0 Å². The van der Waals surface area contributed by atoms with Crippen molar-refractivity contribution in [1.29, 1.82) is 0 Å². The van der Waals surface area contributed by atoms with E-state index in [1.165, 1.54) is 141 Å². The fourth-order valence-electron chi connectivity index (χ4n) is 5.00. The molecule has 0 aromatic carbocycles. The Morgan fingerprint density at radius 2 is 0.875 bits per heavy atom. The minimum atomic E-state index is -0.317. The van der Waals surface area contributed by atoms with Crippen molar-refractivity contribution in [3.63, 3.8) is 0 Å². The lowest BCUT2D eigenvalue weighted by molar-refractivity contribution is 0.410. The molecule has 0 amide bonds. The van der Waals surface area contributed by atoms with Crippen molar-refractivity contribution in [2.24, 2.45) is 11.5 Å². The summed E-state index contributed by atoms with van der Waals surface area (Å²) in [5.74, 6) is 0. The molecule has 0 spiro atoms. The molecule has 2 nitrogen and oxygen atoms in total. The minimum absolute atomic E-state index is 0.0256. The van der Waals surface area contributed by atoms with Gasteiger partial charge in [0.1, 0.15) is 0 Å². The Balaban J connectivity index is 1.71. The minimum Gasteiger partial charge on any atom is -0.323 e. The quantitative estimate of drug-likeness (QED) is 0.154. The molecule has 0 saturated carbocycles. The van der Waals surface area contributed by atoms with Crippen LogP contribution in [0.4, 0.5) is 0 Å². The first-order valence-electron chi connectivity index (χ1n) is 14.6. The summed E-state index contributed by atoms with van der Waals surface area (Å²) < 4.78 is 0. The van der Waals surface area contributed by atoms with E-state index in [1.807, 2.05) is 18.2 Å². The average Bonchev–Trinajstić information content (AvgIpc) is 2.79. The van der Waals surface area contributed by atoms with Crippen molar-refractivity contribution in [3.8, 4) is 0 Å². The summed E-state index contributed by atoms with van der Waals surface area (Å²) in [6, 6.07) is -0.0256. The molecule has 0 aromatic rings. The summed E-state index contributed by atoms with van der Waals surface area (Å²) in [6.07, 6.45) is 40.6. The summed E-state index contributed by atoms with van der Waals surface area (Å²) in [4.78, 5) is 0. The second-order valence-electron chi connectivity index (χ2n) is 10.6. The number of rotatable bonds is 23. The van der Waals surface area contributed by atoms with Crippen molar-refractivity contribution in [2.45, 2.75) is 166 Å². The van der Waals surface area contributed by atoms with Crippen LogP contribution in [0, 0.1) is 0 Å². The van der Waals surface area contributed by atoms with Crippen molar-refractivity contribution in [1.82, 2.24) is 0 Å². The lowest BCUT2D eigenvalue weighted by Gasteiger charge is -2.32. The number of hydrogen-bond acceptors (Lipinski definition) is 2. The van der Waals surface area contributed by atoms with Gasteiger partial charge in [-0.3, -0.25) is 0 Å². The zero-order chi connectivity index (χ0) is 23.2. The standard InChI is InChI=1S/C30H58N2/c1-2-3-4-5-6-7-8-9-10-11-12-13-14-15-16-17-18-19-20-21-22-24-27-30(32)28-25-23-26-29(30)31/h23,25-26,28-29H,2-22,24,27,31-32H2,1H3. The Bertz CT molecular complexity index is 456. The summed E-state index contributed by atoms with van der Waals surface area (Å²) in [5.41, 5.74) is 12.3. The van der Waals surface area contributed by atoms with Gasteiger partial charge in [-0.1, -0.05) is 172 Å². The number of unbranched alkanes of at least 4 members (excludes halogenated alkanes) is 21. The molecule has 0 aliphatic heterocycles. The first kappa shape index (κ1) is 29.4. The van der Waals surface area contributed by atoms with Gasteiger partial charge in [0.2, 0.25) is 0 Å². The molecular formula is C30H58N2. The van der Waals surface area contributed by atoms with E-state index < -0.39 is 0 Å². The molecule has 2 atom stereocenters. The zero-order valence-corrected chi connectivity index (χ0v) is 21.8. The molecule has 32 heavy (non-hydrogen) atoms. The van der Waals surface area contributed by atoms with Crippen LogP contribution in [-0.4, -0.2) is 11.6 Å². The van der Waals surface area contributed by atoms with Gasteiger partial charge in [0.05, 0.1) is 5.54 Å². The lowest BCUT2D eigenvalue weighted by atomic mass is 9.83. The van der Waals surface area contributed by atoms with Crippen LogP contribution in [0.15, 0.2) is 24.3 Å². The summed E-state index contributed by atoms with van der Waals surface area (Å²) in [6.45, 7) is 2.30. The Morgan fingerprint density at radius 3 is 1.22 bits per heavy atom. The Morgan fingerprint density at radius 1 is 0.531 bits per heavy atom. The number of allylic oxidation sites excluding steroid dienone is 2. The van der Waals surface area contributed by atoms with Gasteiger partial charge in [-0.15, -0.1) is 0 Å². The van der Waals surface area contributed by atoms with Crippen molar-refractivity contribution < 1.29 is 0 Å². The first-order chi connectivity index (χ1) is 15.7. The van der Waals surface area contributed by atoms with Crippen molar-refractivity contribution in [3.05, 3.63) is 24.3 Å². The van der Waals surface area contributed by atoms with Gasteiger partial charge in [-0.25, -0.2) is 0 Å². The van der Waals surface area contributed by atoms with Gasteiger partial charge < -0.3 is 11.5 Å². The van der Waals surface area contributed by atoms with E-state index in [0.717, 1.165) is 6.42 Å². The molecule has 188 valence electrons. The molecule has 4 N–H and O–H groups in total. The van der Waals surface area contributed by atoms with E-state index in [-0.39, 0.29) is 11.6 Å². The van der Waals surface area contributed by atoms with Crippen LogP contribution in [0.5, 0.6) is 0 Å². The van der Waals surface area contributed by atoms with Crippen LogP contribution in [-0.2, 0) is 0 Å². The molecule has 0 radical (unpaired) electrons. The van der Waals surface area contributed by atoms with Gasteiger partial charge in [-0.2, -0.15) is 0 Å². The highest BCUT2D eigenvalue weighted by molar-refractivity contribution is 5.25. The first-order valence-corrected chi connectivity index (χ1v) is 14.6. The molecule has 1 rings (SSSR count). The highest BCUT2D eigenvalue weighted by Gasteiger charge is 2.28. The van der Waals surface area contributed by atoms with Crippen molar-refractivity contribution >= 4 is 0 Å². The zero-order valence-electron chi connectivity index (χ0n) is 21.8. The monoisotopic (exact) mass is 446 g/mol. The predicted molar refractivity (Wildman–Crippen MR) is 145 cm³/mol. The topological polar surface area (TPSA) is 52.0 Å². The molecule has 0 bridgehead atoms. The van der Waals surface area contributed by atoms with E-state index in [9.17, 15) is 0 Å².